The Kier molecular flexibility index (Phi) is 10.6. The molecule has 0 spiro atoms. The minimum Gasteiger partial charge on any atom is -0.405 e. The van der Waals surface area contributed by atoms with Crippen LogP contribution in [0.1, 0.15) is 38.3 Å². The topological polar surface area (TPSA) is 46.2 Å². The van der Waals surface area contributed by atoms with Crippen LogP contribution < -0.4 is 10.4 Å². The van der Waals surface area contributed by atoms with E-state index < -0.39 is 20.7 Å². The second-order valence-corrected chi connectivity index (χ2v) is 16.5. The van der Waals surface area contributed by atoms with Crippen LogP contribution in [0, 0.1) is 0 Å². The largest absolute Gasteiger partial charge is 0.405 e. The molecule has 1 aliphatic rings. The summed E-state index contributed by atoms with van der Waals surface area (Å²) >= 11 is 0. The molecule has 226 valence electrons. The van der Waals surface area contributed by atoms with Gasteiger partial charge in [-0.05, 0) is 26.5 Å². The number of methoxy groups -OCH3 is 1. The highest BCUT2D eigenvalue weighted by molar-refractivity contribution is 6.99. The summed E-state index contributed by atoms with van der Waals surface area (Å²) < 4.78 is 32.7. The van der Waals surface area contributed by atoms with E-state index in [0.29, 0.717) is 26.2 Å². The third kappa shape index (κ3) is 7.52. The van der Waals surface area contributed by atoms with Gasteiger partial charge < -0.3 is 23.4 Å². The van der Waals surface area contributed by atoms with Gasteiger partial charge in [0, 0.05) is 13.5 Å². The van der Waals surface area contributed by atoms with Crippen LogP contribution in [-0.4, -0.2) is 46.6 Å². The highest BCUT2D eigenvalue weighted by atomic mass is 28.4. The summed E-state index contributed by atoms with van der Waals surface area (Å²) in [4.78, 5) is 0. The molecule has 0 N–H and O–H groups in total. The first-order valence-electron chi connectivity index (χ1n) is 15.1. The molecule has 0 saturated carbocycles. The van der Waals surface area contributed by atoms with Crippen LogP contribution in [0.2, 0.25) is 5.04 Å². The lowest BCUT2D eigenvalue weighted by Gasteiger charge is -2.45. The van der Waals surface area contributed by atoms with Crippen LogP contribution >= 0.6 is 0 Å². The molecule has 4 aromatic carbocycles. The average molecular weight is 597 g/mol. The minimum absolute atomic E-state index is 0.129. The Labute approximate surface area is 257 Å². The molecule has 4 aromatic rings. The van der Waals surface area contributed by atoms with Gasteiger partial charge in [0.15, 0.2) is 6.29 Å². The Hall–Kier alpha value is -3.10. The van der Waals surface area contributed by atoms with Crippen LogP contribution in [0.15, 0.2) is 121 Å². The van der Waals surface area contributed by atoms with Gasteiger partial charge in [-0.1, -0.05) is 142 Å². The standard InChI is InChI=1S/C37H44O5Si/c1-37(2,3)43(32-21-13-7-14-22-32,33-23-15-8-16-24-33)41-28-31-25-34(39-26-29-17-9-5-10-18-29)35(36(38-4)42-31)40-27-30-19-11-6-12-20-30/h5-24,31,34-36H,25-28H2,1-4H3/t31-,34-,35+,36+/m0/s1. The van der Waals surface area contributed by atoms with Crippen molar-refractivity contribution in [3.63, 3.8) is 0 Å². The average Bonchev–Trinajstić information content (AvgIpc) is 3.04. The third-order valence-electron chi connectivity index (χ3n) is 8.18. The number of hydrogen-bond donors (Lipinski definition) is 0. The molecular formula is C37H44O5Si. The van der Waals surface area contributed by atoms with Crippen molar-refractivity contribution in [3.05, 3.63) is 132 Å². The molecule has 0 unspecified atom stereocenters. The van der Waals surface area contributed by atoms with Crippen molar-refractivity contribution >= 4 is 18.7 Å². The highest BCUT2D eigenvalue weighted by Gasteiger charge is 2.51. The zero-order valence-corrected chi connectivity index (χ0v) is 26.7. The second kappa shape index (κ2) is 14.6. The van der Waals surface area contributed by atoms with Gasteiger partial charge in [-0.25, -0.2) is 0 Å². The quantitative estimate of drug-likeness (QED) is 0.175. The Morgan fingerprint density at radius 1 is 0.674 bits per heavy atom. The fourth-order valence-electron chi connectivity index (χ4n) is 6.06. The summed E-state index contributed by atoms with van der Waals surface area (Å²) in [6.07, 6.45) is -0.826. The van der Waals surface area contributed by atoms with E-state index >= 15 is 0 Å². The van der Waals surface area contributed by atoms with E-state index in [4.69, 9.17) is 23.4 Å². The summed E-state index contributed by atoms with van der Waals surface area (Å²) in [5.41, 5.74) is 2.21. The molecule has 5 nitrogen and oxygen atoms in total. The van der Waals surface area contributed by atoms with Crippen LogP contribution in [0.3, 0.4) is 0 Å². The Bertz CT molecular complexity index is 1320. The smallest absolute Gasteiger partial charge is 0.261 e. The molecule has 0 radical (unpaired) electrons. The predicted octanol–water partition coefficient (Wildman–Crippen LogP) is 6.50. The zero-order valence-electron chi connectivity index (χ0n) is 25.7. The van der Waals surface area contributed by atoms with Gasteiger partial charge in [-0.3, -0.25) is 0 Å². The third-order valence-corrected chi connectivity index (χ3v) is 13.2. The van der Waals surface area contributed by atoms with E-state index in [1.807, 2.05) is 36.4 Å². The summed E-state index contributed by atoms with van der Waals surface area (Å²) in [5, 5.41) is 2.36. The molecule has 0 amide bonds. The first-order chi connectivity index (χ1) is 20.9. The van der Waals surface area contributed by atoms with E-state index in [1.165, 1.54) is 10.4 Å². The van der Waals surface area contributed by atoms with Gasteiger partial charge in [0.2, 0.25) is 0 Å². The fraction of sp³-hybridized carbons (Fsp3) is 0.351. The van der Waals surface area contributed by atoms with Crippen molar-refractivity contribution in [2.45, 2.75) is 70.0 Å². The molecule has 4 atom stereocenters. The lowest BCUT2D eigenvalue weighted by atomic mass is 10.0. The minimum atomic E-state index is -2.73. The number of benzene rings is 4. The molecule has 0 bridgehead atoms. The normalized spacial score (nSPS) is 21.0. The van der Waals surface area contributed by atoms with Crippen LogP contribution in [0.4, 0.5) is 0 Å². The first-order valence-corrected chi connectivity index (χ1v) is 17.1. The Morgan fingerprint density at radius 2 is 1.14 bits per heavy atom. The maximum Gasteiger partial charge on any atom is 0.261 e. The van der Waals surface area contributed by atoms with Crippen LogP contribution in [0.5, 0.6) is 0 Å². The zero-order chi connectivity index (χ0) is 30.1. The van der Waals surface area contributed by atoms with Crippen molar-refractivity contribution in [1.82, 2.24) is 0 Å². The van der Waals surface area contributed by atoms with Gasteiger partial charge in [-0.15, -0.1) is 0 Å². The van der Waals surface area contributed by atoms with E-state index in [9.17, 15) is 0 Å². The Balaban J connectivity index is 1.40. The first kappa shape index (κ1) is 31.3. The van der Waals surface area contributed by atoms with Gasteiger partial charge in [0.25, 0.3) is 8.32 Å². The van der Waals surface area contributed by atoms with Crippen molar-refractivity contribution in [1.29, 1.82) is 0 Å². The summed E-state index contributed by atoms with van der Waals surface area (Å²) in [6.45, 7) is 8.22. The van der Waals surface area contributed by atoms with Crippen molar-refractivity contribution in [2.24, 2.45) is 0 Å². The lowest BCUT2D eigenvalue weighted by Crippen LogP contribution is -2.67. The van der Waals surface area contributed by atoms with E-state index in [1.54, 1.807) is 7.11 Å². The summed E-state index contributed by atoms with van der Waals surface area (Å²) in [7, 11) is -1.06. The molecule has 6 heteroatoms. The molecule has 1 fully saturated rings. The number of hydrogen-bond acceptors (Lipinski definition) is 5. The molecule has 43 heavy (non-hydrogen) atoms. The van der Waals surface area contributed by atoms with Crippen molar-refractivity contribution in [2.75, 3.05) is 13.7 Å². The monoisotopic (exact) mass is 596 g/mol. The van der Waals surface area contributed by atoms with Crippen molar-refractivity contribution < 1.29 is 23.4 Å². The lowest BCUT2D eigenvalue weighted by molar-refractivity contribution is -0.283. The SMILES string of the molecule is CO[C@@H]1O[C@H](CO[Si](c2ccccc2)(c2ccccc2)C(C)(C)C)C[C@H](OCc2ccccc2)[C@H]1OCc1ccccc1. The fourth-order valence-corrected chi connectivity index (χ4v) is 10.7. The Morgan fingerprint density at radius 3 is 1.60 bits per heavy atom. The predicted molar refractivity (Wildman–Crippen MR) is 174 cm³/mol. The van der Waals surface area contributed by atoms with Gasteiger partial charge in [0.1, 0.15) is 6.10 Å². The molecule has 5 rings (SSSR count). The van der Waals surface area contributed by atoms with Gasteiger partial charge in [-0.2, -0.15) is 0 Å². The van der Waals surface area contributed by atoms with E-state index in [2.05, 4.69) is 106 Å². The highest BCUT2D eigenvalue weighted by Crippen LogP contribution is 2.38. The van der Waals surface area contributed by atoms with Gasteiger partial charge >= 0.3 is 0 Å². The molecule has 1 aliphatic heterocycles. The van der Waals surface area contributed by atoms with Crippen molar-refractivity contribution in [3.8, 4) is 0 Å². The van der Waals surface area contributed by atoms with Crippen LogP contribution in [0.25, 0.3) is 0 Å². The number of rotatable bonds is 12. The molecule has 0 aromatic heterocycles. The van der Waals surface area contributed by atoms with E-state index in [0.717, 1.165) is 11.1 Å². The molecular weight excluding hydrogens is 552 g/mol. The molecule has 1 heterocycles. The summed E-state index contributed by atoms with van der Waals surface area (Å²) in [5.74, 6) is 0. The maximum atomic E-state index is 7.24. The van der Waals surface area contributed by atoms with E-state index in [-0.39, 0.29) is 17.2 Å². The molecule has 1 saturated heterocycles. The maximum absolute atomic E-state index is 7.24. The molecule has 0 aliphatic carbocycles. The summed E-state index contributed by atoms with van der Waals surface area (Å²) in [6, 6.07) is 41.8. The number of ether oxygens (including phenoxy) is 4. The van der Waals surface area contributed by atoms with Gasteiger partial charge in [0.05, 0.1) is 32.0 Å². The second-order valence-electron chi connectivity index (χ2n) is 12.2. The van der Waals surface area contributed by atoms with Crippen LogP contribution in [-0.2, 0) is 36.6 Å².